The summed E-state index contributed by atoms with van der Waals surface area (Å²) in [4.78, 5) is -0.242. The van der Waals surface area contributed by atoms with E-state index in [0.717, 1.165) is 31.4 Å². The van der Waals surface area contributed by atoms with Crippen LogP contribution in [0.3, 0.4) is 0 Å². The van der Waals surface area contributed by atoms with Crippen LogP contribution in [0, 0.1) is 11.6 Å². The van der Waals surface area contributed by atoms with Crippen LogP contribution >= 0.6 is 0 Å². The van der Waals surface area contributed by atoms with Crippen molar-refractivity contribution in [2.45, 2.75) is 76.0 Å². The Morgan fingerprint density at radius 3 is 1.92 bits per heavy atom. The van der Waals surface area contributed by atoms with Crippen molar-refractivity contribution in [1.29, 1.82) is 0 Å². The van der Waals surface area contributed by atoms with Crippen LogP contribution in [-0.2, 0) is 10.0 Å². The summed E-state index contributed by atoms with van der Waals surface area (Å²) in [5.74, 6) is -2.21. The smallest absolute Gasteiger partial charge is 0.211 e. The van der Waals surface area contributed by atoms with Gasteiger partial charge in [0.25, 0.3) is 0 Å². The molecule has 0 atom stereocenters. The van der Waals surface area contributed by atoms with Crippen LogP contribution in [0.25, 0.3) is 0 Å². The molecule has 0 saturated carbocycles. The lowest BCUT2D eigenvalue weighted by atomic mass is 10.1. The van der Waals surface area contributed by atoms with Crippen molar-refractivity contribution in [3.63, 3.8) is 0 Å². The molecule has 0 aliphatic rings. The monoisotopic (exact) mass is 361 g/mol. The molecule has 138 valence electrons. The van der Waals surface area contributed by atoms with Gasteiger partial charge < -0.3 is 0 Å². The topological polar surface area (TPSA) is 46.2 Å². The maximum absolute atomic E-state index is 13.1. The fourth-order valence-corrected chi connectivity index (χ4v) is 3.63. The molecule has 0 heterocycles. The zero-order chi connectivity index (χ0) is 17.8. The Morgan fingerprint density at radius 2 is 1.38 bits per heavy atom. The van der Waals surface area contributed by atoms with Crippen LogP contribution in [0.1, 0.15) is 71.1 Å². The average Bonchev–Trinajstić information content (AvgIpc) is 2.55. The fraction of sp³-hybridized carbons (Fsp3) is 0.667. The van der Waals surface area contributed by atoms with Crippen molar-refractivity contribution in [2.75, 3.05) is 6.54 Å². The Bertz CT molecular complexity index is 576. The quantitative estimate of drug-likeness (QED) is 0.493. The van der Waals surface area contributed by atoms with Crippen LogP contribution in [0.2, 0.25) is 0 Å². The molecule has 0 bridgehead atoms. The van der Waals surface area contributed by atoms with Gasteiger partial charge in [-0.25, -0.2) is 21.9 Å². The summed E-state index contributed by atoms with van der Waals surface area (Å²) in [7, 11) is -3.77. The molecule has 1 aromatic carbocycles. The zero-order valence-electron chi connectivity index (χ0n) is 14.5. The van der Waals surface area contributed by atoms with E-state index in [9.17, 15) is 17.2 Å². The summed E-state index contributed by atoms with van der Waals surface area (Å²) < 4.78 is 52.3. The molecular formula is C18H29F2NO2S. The number of unbranched alkanes of at least 4 members (excludes halogenated alkanes) is 9. The zero-order valence-corrected chi connectivity index (χ0v) is 15.3. The molecule has 24 heavy (non-hydrogen) atoms. The maximum Gasteiger partial charge on any atom is 0.240 e. The molecular weight excluding hydrogens is 332 g/mol. The van der Waals surface area contributed by atoms with Gasteiger partial charge in [0.05, 0.1) is 4.90 Å². The lowest BCUT2D eigenvalue weighted by Gasteiger charge is -2.07. The van der Waals surface area contributed by atoms with Gasteiger partial charge in [0.2, 0.25) is 10.0 Å². The van der Waals surface area contributed by atoms with E-state index in [0.29, 0.717) is 12.6 Å². The predicted molar refractivity (Wildman–Crippen MR) is 93.4 cm³/mol. The minimum absolute atomic E-state index is 0.242. The van der Waals surface area contributed by atoms with Gasteiger partial charge >= 0.3 is 0 Å². The normalized spacial score (nSPS) is 11.8. The first-order valence-electron chi connectivity index (χ1n) is 8.92. The van der Waals surface area contributed by atoms with Gasteiger partial charge in [-0.1, -0.05) is 64.7 Å². The second kappa shape index (κ2) is 11.5. The van der Waals surface area contributed by atoms with Crippen LogP contribution in [0.15, 0.2) is 23.1 Å². The van der Waals surface area contributed by atoms with Crippen molar-refractivity contribution >= 4 is 10.0 Å². The van der Waals surface area contributed by atoms with E-state index in [-0.39, 0.29) is 4.90 Å². The summed E-state index contributed by atoms with van der Waals surface area (Å²) in [5.41, 5.74) is 0. The highest BCUT2D eigenvalue weighted by atomic mass is 32.2. The van der Waals surface area contributed by atoms with Crippen molar-refractivity contribution in [1.82, 2.24) is 4.72 Å². The number of sulfonamides is 1. The standard InChI is InChI=1S/C18H29F2NO2S/c1-2-3-4-5-6-7-8-9-10-11-14-21-24(22,23)16-12-13-17(19)18(20)15-16/h12-13,15,21H,2-11,14H2,1H3. The van der Waals surface area contributed by atoms with E-state index in [2.05, 4.69) is 11.6 Å². The fourth-order valence-electron chi connectivity index (χ4n) is 2.55. The second-order valence-electron chi connectivity index (χ2n) is 6.16. The third-order valence-corrected chi connectivity index (χ3v) is 5.48. The van der Waals surface area contributed by atoms with Gasteiger partial charge in [0.1, 0.15) is 0 Å². The third-order valence-electron chi connectivity index (χ3n) is 4.02. The lowest BCUT2D eigenvalue weighted by molar-refractivity contribution is 0.504. The van der Waals surface area contributed by atoms with Crippen LogP contribution in [0.4, 0.5) is 8.78 Å². The van der Waals surface area contributed by atoms with Gasteiger partial charge in [0.15, 0.2) is 11.6 Å². The molecule has 0 spiro atoms. The SMILES string of the molecule is CCCCCCCCCCCCNS(=O)(=O)c1ccc(F)c(F)c1. The lowest BCUT2D eigenvalue weighted by Crippen LogP contribution is -2.25. The Kier molecular flexibility index (Phi) is 10.1. The van der Waals surface area contributed by atoms with Gasteiger partial charge in [0, 0.05) is 6.54 Å². The van der Waals surface area contributed by atoms with Crippen molar-refractivity contribution in [3.8, 4) is 0 Å². The molecule has 0 unspecified atom stereocenters. The highest BCUT2D eigenvalue weighted by molar-refractivity contribution is 7.89. The highest BCUT2D eigenvalue weighted by Crippen LogP contribution is 2.14. The van der Waals surface area contributed by atoms with Crippen LogP contribution < -0.4 is 4.72 Å². The summed E-state index contributed by atoms with van der Waals surface area (Å²) in [6, 6.07) is 2.60. The highest BCUT2D eigenvalue weighted by Gasteiger charge is 2.15. The van der Waals surface area contributed by atoms with E-state index >= 15 is 0 Å². The summed E-state index contributed by atoms with van der Waals surface area (Å²) in [5, 5.41) is 0. The molecule has 0 aromatic heterocycles. The third kappa shape index (κ3) is 8.20. The van der Waals surface area contributed by atoms with Crippen LogP contribution in [-0.4, -0.2) is 15.0 Å². The van der Waals surface area contributed by atoms with Crippen molar-refractivity contribution < 1.29 is 17.2 Å². The molecule has 1 aromatic rings. The predicted octanol–water partition coefficient (Wildman–Crippen LogP) is 5.16. The average molecular weight is 361 g/mol. The molecule has 0 aliphatic carbocycles. The van der Waals surface area contributed by atoms with Crippen molar-refractivity contribution in [2.24, 2.45) is 0 Å². The first-order chi connectivity index (χ1) is 11.5. The molecule has 0 amide bonds. The Morgan fingerprint density at radius 1 is 0.833 bits per heavy atom. The van der Waals surface area contributed by atoms with E-state index in [4.69, 9.17) is 0 Å². The van der Waals surface area contributed by atoms with E-state index in [1.165, 1.54) is 44.9 Å². The Balaban J connectivity index is 2.13. The summed E-state index contributed by atoms with van der Waals surface area (Å²) >= 11 is 0. The van der Waals surface area contributed by atoms with Crippen molar-refractivity contribution in [3.05, 3.63) is 29.8 Å². The number of hydrogen-bond acceptors (Lipinski definition) is 2. The van der Waals surface area contributed by atoms with E-state index < -0.39 is 21.7 Å². The van der Waals surface area contributed by atoms with Gasteiger partial charge in [-0.2, -0.15) is 0 Å². The Hall–Kier alpha value is -1.01. The number of benzene rings is 1. The minimum Gasteiger partial charge on any atom is -0.211 e. The molecule has 0 saturated heterocycles. The second-order valence-corrected chi connectivity index (χ2v) is 7.92. The largest absolute Gasteiger partial charge is 0.240 e. The first kappa shape index (κ1) is 21.0. The summed E-state index contributed by atoms with van der Waals surface area (Å²) in [6.45, 7) is 2.53. The molecule has 1 N–H and O–H groups in total. The van der Waals surface area contributed by atoms with Gasteiger partial charge in [-0.05, 0) is 24.6 Å². The molecule has 3 nitrogen and oxygen atoms in total. The van der Waals surface area contributed by atoms with Crippen LogP contribution in [0.5, 0.6) is 0 Å². The molecule has 0 aliphatic heterocycles. The van der Waals surface area contributed by atoms with E-state index in [1.807, 2.05) is 0 Å². The number of hydrogen-bond donors (Lipinski definition) is 1. The number of halogens is 2. The molecule has 1 rings (SSSR count). The number of nitrogens with one attached hydrogen (secondary N) is 1. The van der Waals surface area contributed by atoms with E-state index in [1.54, 1.807) is 0 Å². The maximum atomic E-state index is 13.1. The Labute approximate surface area is 144 Å². The molecule has 0 fully saturated rings. The first-order valence-corrected chi connectivity index (χ1v) is 10.4. The summed E-state index contributed by atoms with van der Waals surface area (Å²) in [6.07, 6.45) is 11.7. The minimum atomic E-state index is -3.77. The molecule has 0 radical (unpaired) electrons. The van der Waals surface area contributed by atoms with Gasteiger partial charge in [-0.15, -0.1) is 0 Å². The molecule has 6 heteroatoms. The number of rotatable bonds is 13. The van der Waals surface area contributed by atoms with Gasteiger partial charge in [-0.3, -0.25) is 0 Å².